The molecule has 3 heterocycles. The summed E-state index contributed by atoms with van der Waals surface area (Å²) in [5.41, 5.74) is 2.30. The highest BCUT2D eigenvalue weighted by atomic mass is 19.4. The summed E-state index contributed by atoms with van der Waals surface area (Å²) in [6.45, 7) is 6.20. The highest BCUT2D eigenvalue weighted by Crippen LogP contribution is 2.28. The van der Waals surface area contributed by atoms with E-state index >= 15 is 0 Å². The van der Waals surface area contributed by atoms with Crippen molar-refractivity contribution >= 4 is 28.4 Å². The number of amides is 1. The number of aromatic nitrogens is 2. The van der Waals surface area contributed by atoms with Crippen molar-refractivity contribution in [3.8, 4) is 5.75 Å². The second kappa shape index (κ2) is 11.3. The quantitative estimate of drug-likeness (QED) is 0.389. The predicted octanol–water partition coefficient (Wildman–Crippen LogP) is 5.61. The number of nitrogens with zero attached hydrogens (tertiary/aromatic N) is 4. The van der Waals surface area contributed by atoms with Gasteiger partial charge in [0.1, 0.15) is 11.6 Å². The maximum absolute atomic E-state index is 14.2. The Balaban J connectivity index is 1.18. The van der Waals surface area contributed by atoms with Crippen LogP contribution in [0.5, 0.6) is 5.75 Å². The third-order valence-electron chi connectivity index (χ3n) is 7.44. The van der Waals surface area contributed by atoms with Crippen LogP contribution in [0.15, 0.2) is 36.4 Å². The Hall–Kier alpha value is -3.47. The van der Waals surface area contributed by atoms with Crippen molar-refractivity contribution in [3.05, 3.63) is 53.5 Å². The molecule has 2 saturated heterocycles. The number of carbonyl (C=O) groups is 1. The fraction of sp³-hybridized carbons (Fsp3) is 0.464. The predicted molar refractivity (Wildman–Crippen MR) is 140 cm³/mol. The van der Waals surface area contributed by atoms with E-state index in [1.54, 1.807) is 6.07 Å². The molecule has 2 aromatic carbocycles. The second-order valence-corrected chi connectivity index (χ2v) is 10.2. The van der Waals surface area contributed by atoms with Crippen molar-refractivity contribution in [2.75, 3.05) is 36.4 Å². The number of benzene rings is 2. The Bertz CT molecular complexity index is 1340. The summed E-state index contributed by atoms with van der Waals surface area (Å²) in [6, 6.07) is 8.95. The van der Waals surface area contributed by atoms with Crippen LogP contribution in [0, 0.1) is 12.7 Å². The number of carbonyl (C=O) groups excluding carboxylic acids is 1. The zero-order chi connectivity index (χ0) is 27.6. The van der Waals surface area contributed by atoms with Crippen LogP contribution in [0.1, 0.15) is 43.4 Å². The zero-order valence-corrected chi connectivity index (χ0v) is 21.7. The molecule has 0 bridgehead atoms. The molecule has 0 saturated carbocycles. The lowest BCUT2D eigenvalue weighted by molar-refractivity contribution is -0.274. The average molecular weight is 546 g/mol. The molecule has 2 aliphatic rings. The number of rotatable bonds is 7. The van der Waals surface area contributed by atoms with Crippen molar-refractivity contribution in [1.29, 1.82) is 0 Å². The molecule has 0 aliphatic carbocycles. The molecule has 11 heteroatoms. The molecule has 7 nitrogen and oxygen atoms in total. The molecule has 1 amide bonds. The fourth-order valence-electron chi connectivity index (χ4n) is 5.42. The van der Waals surface area contributed by atoms with Crippen LogP contribution in [0.3, 0.4) is 0 Å². The van der Waals surface area contributed by atoms with Gasteiger partial charge in [0.05, 0.1) is 11.2 Å². The molecule has 3 aromatic rings. The van der Waals surface area contributed by atoms with Gasteiger partial charge in [0.15, 0.2) is 0 Å². The number of anilines is 2. The van der Waals surface area contributed by atoms with Gasteiger partial charge in [0.25, 0.3) is 0 Å². The van der Waals surface area contributed by atoms with Gasteiger partial charge >= 0.3 is 6.36 Å². The van der Waals surface area contributed by atoms with E-state index in [9.17, 15) is 22.4 Å². The normalized spacial score (nSPS) is 17.1. The van der Waals surface area contributed by atoms with E-state index < -0.39 is 17.9 Å². The lowest BCUT2D eigenvalue weighted by Crippen LogP contribution is -2.44. The summed E-state index contributed by atoms with van der Waals surface area (Å²) in [7, 11) is 0. The summed E-state index contributed by atoms with van der Waals surface area (Å²) in [5, 5.41) is 3.63. The Kier molecular flexibility index (Phi) is 7.88. The van der Waals surface area contributed by atoms with E-state index in [2.05, 4.69) is 19.9 Å². The van der Waals surface area contributed by atoms with Crippen molar-refractivity contribution in [2.24, 2.45) is 0 Å². The van der Waals surface area contributed by atoms with E-state index in [1.807, 2.05) is 19.1 Å². The first kappa shape index (κ1) is 27.1. The minimum absolute atomic E-state index is 0.0253. The first-order valence-electron chi connectivity index (χ1n) is 13.3. The van der Waals surface area contributed by atoms with Gasteiger partial charge < -0.3 is 19.9 Å². The van der Waals surface area contributed by atoms with Crippen LogP contribution in [-0.2, 0) is 11.2 Å². The van der Waals surface area contributed by atoms with Gasteiger partial charge in [-0.15, -0.1) is 13.2 Å². The fourth-order valence-corrected chi connectivity index (χ4v) is 5.42. The molecular weight excluding hydrogens is 514 g/mol. The largest absolute Gasteiger partial charge is 0.573 e. The van der Waals surface area contributed by atoms with Crippen molar-refractivity contribution < 1.29 is 27.1 Å². The number of nitrogens with one attached hydrogen (secondary N) is 1. The second-order valence-electron chi connectivity index (χ2n) is 10.2. The average Bonchev–Trinajstić information content (AvgIpc) is 3.43. The van der Waals surface area contributed by atoms with Crippen LogP contribution in [0.25, 0.3) is 10.9 Å². The van der Waals surface area contributed by atoms with Crippen molar-refractivity contribution in [1.82, 2.24) is 14.9 Å². The Morgan fingerprint density at radius 1 is 1.05 bits per heavy atom. The van der Waals surface area contributed by atoms with E-state index in [1.165, 1.54) is 32.0 Å². The number of likely N-dealkylation sites (tertiary alicyclic amines) is 1. The molecule has 1 aromatic heterocycles. The van der Waals surface area contributed by atoms with E-state index in [-0.39, 0.29) is 24.3 Å². The molecule has 0 radical (unpaired) electrons. The number of alkyl halides is 3. The van der Waals surface area contributed by atoms with Crippen molar-refractivity contribution in [3.63, 3.8) is 0 Å². The minimum Gasteiger partial charge on any atom is -0.406 e. The Labute approximate surface area is 224 Å². The highest BCUT2D eigenvalue weighted by molar-refractivity contribution is 5.94. The third kappa shape index (κ3) is 6.76. The number of ether oxygens (including phenoxy) is 1. The van der Waals surface area contributed by atoms with Crippen LogP contribution in [0.4, 0.5) is 29.2 Å². The van der Waals surface area contributed by atoms with E-state index in [0.717, 1.165) is 54.5 Å². The molecule has 1 N–H and O–H groups in total. The van der Waals surface area contributed by atoms with Gasteiger partial charge in [0, 0.05) is 42.7 Å². The van der Waals surface area contributed by atoms with Crippen LogP contribution >= 0.6 is 0 Å². The SMILES string of the molecule is Cc1nc(N2CCC(N3CCCC3)CC2)nc2ccc(NC(=O)CCc3ccc(OC(F)(F)F)cc3F)cc12. The Morgan fingerprint density at radius 2 is 1.79 bits per heavy atom. The zero-order valence-electron chi connectivity index (χ0n) is 21.7. The third-order valence-corrected chi connectivity index (χ3v) is 7.44. The molecular formula is C28H31F4N5O2. The molecule has 0 unspecified atom stereocenters. The van der Waals surface area contributed by atoms with Crippen molar-refractivity contribution in [2.45, 2.75) is 57.9 Å². The number of hydrogen-bond acceptors (Lipinski definition) is 6. The summed E-state index contributed by atoms with van der Waals surface area (Å²) in [4.78, 5) is 26.9. The van der Waals surface area contributed by atoms with Gasteiger partial charge in [0.2, 0.25) is 11.9 Å². The first-order valence-corrected chi connectivity index (χ1v) is 13.3. The van der Waals surface area contributed by atoms with Gasteiger partial charge in [-0.25, -0.2) is 14.4 Å². The number of hydrogen-bond donors (Lipinski definition) is 1. The van der Waals surface area contributed by atoms with Gasteiger partial charge in [-0.3, -0.25) is 4.79 Å². The highest BCUT2D eigenvalue weighted by Gasteiger charge is 2.31. The molecule has 208 valence electrons. The van der Waals surface area contributed by atoms with Crippen LogP contribution in [0.2, 0.25) is 0 Å². The topological polar surface area (TPSA) is 70.6 Å². The standard InChI is InChI=1S/C28H31F4N5O2/c1-18-23-16-20(34-26(38)9-5-19-4-7-22(17-24(19)29)39-28(30,31)32)6-8-25(23)35-27(33-18)37-14-10-21(11-15-37)36-12-2-3-13-36/h4,6-8,16-17,21H,2-3,5,9-15H2,1H3,(H,34,38). The van der Waals surface area contributed by atoms with E-state index in [0.29, 0.717) is 17.8 Å². The Morgan fingerprint density at radius 3 is 2.49 bits per heavy atom. The van der Waals surface area contributed by atoms with Gasteiger partial charge in [-0.05, 0) is 81.9 Å². The smallest absolute Gasteiger partial charge is 0.406 e. The molecule has 2 fully saturated rings. The lowest BCUT2D eigenvalue weighted by atomic mass is 10.0. The number of aryl methyl sites for hydroxylation is 2. The number of halogens is 4. The molecule has 0 spiro atoms. The number of piperidine rings is 1. The molecule has 0 atom stereocenters. The molecule has 39 heavy (non-hydrogen) atoms. The number of fused-ring (bicyclic) bond motifs is 1. The van der Waals surface area contributed by atoms with Gasteiger partial charge in [-0.1, -0.05) is 6.07 Å². The minimum atomic E-state index is -4.90. The first-order chi connectivity index (χ1) is 18.6. The molecule has 5 rings (SSSR count). The van der Waals surface area contributed by atoms with E-state index in [4.69, 9.17) is 9.97 Å². The summed E-state index contributed by atoms with van der Waals surface area (Å²) >= 11 is 0. The maximum atomic E-state index is 14.2. The summed E-state index contributed by atoms with van der Waals surface area (Å²) < 4.78 is 54.8. The summed E-state index contributed by atoms with van der Waals surface area (Å²) in [5.74, 6) is -1.12. The van der Waals surface area contributed by atoms with Crippen LogP contribution < -0.4 is 15.0 Å². The summed E-state index contributed by atoms with van der Waals surface area (Å²) in [6.07, 6.45) is -0.101. The van der Waals surface area contributed by atoms with Gasteiger partial charge in [-0.2, -0.15) is 0 Å². The van der Waals surface area contributed by atoms with Crippen LogP contribution in [-0.4, -0.2) is 59.4 Å². The monoisotopic (exact) mass is 545 g/mol. The maximum Gasteiger partial charge on any atom is 0.573 e. The lowest BCUT2D eigenvalue weighted by Gasteiger charge is -2.36. The molecule has 2 aliphatic heterocycles.